The molecule has 2 atom stereocenters. The molecule has 1 N–H and O–H groups in total. The Bertz CT molecular complexity index is 903. The predicted molar refractivity (Wildman–Crippen MR) is 243 cm³/mol. The van der Waals surface area contributed by atoms with Gasteiger partial charge in [0.25, 0.3) is 0 Å². The number of carbonyl (C=O) groups is 3. The molecule has 0 aromatic rings. The number of ether oxygens (including phenoxy) is 1. The van der Waals surface area contributed by atoms with Crippen molar-refractivity contribution in [2.24, 2.45) is 5.92 Å². The molecule has 0 saturated heterocycles. The topological polar surface area (TPSA) is 90.4 Å². The van der Waals surface area contributed by atoms with Crippen LogP contribution >= 0.6 is 0 Å². The number of unbranched alkanes of at least 4 members (excludes halogenated alkanes) is 18. The lowest BCUT2D eigenvalue weighted by atomic mass is 9.95. The fourth-order valence-electron chi connectivity index (χ4n) is 8.05. The quantitative estimate of drug-likeness (QED) is 0.0484. The molecule has 0 aromatic heterocycles. The summed E-state index contributed by atoms with van der Waals surface area (Å²) >= 11 is 0. The molecule has 0 aromatic carbocycles. The van der Waals surface area contributed by atoms with E-state index in [1.54, 1.807) is 0 Å². The van der Waals surface area contributed by atoms with Crippen LogP contribution in [0.15, 0.2) is 0 Å². The Kier molecular flexibility index (Phi) is 39.9. The van der Waals surface area contributed by atoms with Crippen LogP contribution in [0.3, 0.4) is 0 Å². The number of esters is 1. The molecule has 0 heterocycles. The summed E-state index contributed by atoms with van der Waals surface area (Å²) in [5.41, 5.74) is 0. The van der Waals surface area contributed by atoms with Gasteiger partial charge >= 0.3 is 11.9 Å². The number of rotatable bonds is 44. The predicted octanol–water partition coefficient (Wildman–Crippen LogP) is 12.9. The molecule has 0 aliphatic heterocycles. The van der Waals surface area contributed by atoms with Gasteiger partial charge in [-0.2, -0.15) is 0 Å². The summed E-state index contributed by atoms with van der Waals surface area (Å²) in [6.45, 7) is 14.2. The van der Waals surface area contributed by atoms with E-state index >= 15 is 0 Å². The van der Waals surface area contributed by atoms with Crippen molar-refractivity contribution in [2.75, 3.05) is 53.4 Å². The van der Waals surface area contributed by atoms with Crippen LogP contribution in [0.2, 0.25) is 0 Å². The molecule has 0 radical (unpaired) electrons. The highest BCUT2D eigenvalue weighted by Gasteiger charge is 2.20. The van der Waals surface area contributed by atoms with Crippen LogP contribution in [0.5, 0.6) is 0 Å². The van der Waals surface area contributed by atoms with Crippen molar-refractivity contribution >= 4 is 17.8 Å². The van der Waals surface area contributed by atoms with Crippen molar-refractivity contribution in [3.05, 3.63) is 0 Å². The van der Waals surface area contributed by atoms with Gasteiger partial charge in [-0.1, -0.05) is 156 Å². The summed E-state index contributed by atoms with van der Waals surface area (Å²) in [5.74, 6) is 0.0650. The standard InChI is InChI=1S/C49H97N3O5/c1-7-11-15-19-20-24-33-45(32-23-16-12-8-2)44-57-49(56)38-28-22-26-35-46(34-25-21-27-37-48(54)55)51(43-42-50(5)6)41-31-36-47(53)52(39-29-17-13-9-3)40-30-18-14-10-4/h45-46H,7-44H2,1-6H3,(H,54,55). The molecule has 338 valence electrons. The molecular formula is C49H97N3O5. The monoisotopic (exact) mass is 808 g/mol. The summed E-state index contributed by atoms with van der Waals surface area (Å²) in [5, 5.41) is 9.17. The number of likely N-dealkylation sites (N-methyl/N-ethyl adjacent to an activating group) is 1. The van der Waals surface area contributed by atoms with Crippen molar-refractivity contribution in [1.29, 1.82) is 0 Å². The molecule has 8 nitrogen and oxygen atoms in total. The Morgan fingerprint density at radius 2 is 0.930 bits per heavy atom. The Hall–Kier alpha value is -1.67. The number of nitrogens with zero attached hydrogens (tertiary/aromatic N) is 3. The number of aliphatic carboxylic acids is 1. The molecule has 0 spiro atoms. The van der Waals surface area contributed by atoms with Crippen LogP contribution in [-0.4, -0.2) is 97.1 Å². The second kappa shape index (κ2) is 41.1. The molecule has 1 amide bonds. The first kappa shape index (κ1) is 55.3. The average Bonchev–Trinajstić information content (AvgIpc) is 3.18. The lowest BCUT2D eigenvalue weighted by molar-refractivity contribution is -0.145. The molecule has 0 saturated carbocycles. The Morgan fingerprint density at radius 1 is 0.474 bits per heavy atom. The fourth-order valence-corrected chi connectivity index (χ4v) is 8.05. The third-order valence-corrected chi connectivity index (χ3v) is 11.9. The van der Waals surface area contributed by atoms with Gasteiger partial charge in [-0.15, -0.1) is 0 Å². The smallest absolute Gasteiger partial charge is 0.305 e. The molecule has 0 bridgehead atoms. The number of hydrogen-bond acceptors (Lipinski definition) is 6. The lowest BCUT2D eigenvalue weighted by Gasteiger charge is -2.33. The maximum atomic E-state index is 13.5. The zero-order chi connectivity index (χ0) is 42.2. The van der Waals surface area contributed by atoms with E-state index in [1.807, 2.05) is 0 Å². The highest BCUT2D eigenvalue weighted by Crippen LogP contribution is 2.22. The number of carboxylic acids is 1. The van der Waals surface area contributed by atoms with E-state index in [-0.39, 0.29) is 12.4 Å². The van der Waals surface area contributed by atoms with Crippen LogP contribution < -0.4 is 0 Å². The van der Waals surface area contributed by atoms with Crippen LogP contribution in [0.1, 0.15) is 233 Å². The van der Waals surface area contributed by atoms with Crippen molar-refractivity contribution in [2.45, 2.75) is 239 Å². The van der Waals surface area contributed by atoms with Gasteiger partial charge in [-0.3, -0.25) is 19.3 Å². The summed E-state index contributed by atoms with van der Waals surface area (Å²) in [4.78, 5) is 44.6. The van der Waals surface area contributed by atoms with Gasteiger partial charge in [0.05, 0.1) is 6.61 Å². The van der Waals surface area contributed by atoms with Gasteiger partial charge in [-0.25, -0.2) is 0 Å². The van der Waals surface area contributed by atoms with Gasteiger partial charge < -0.3 is 19.6 Å². The van der Waals surface area contributed by atoms with E-state index in [9.17, 15) is 14.4 Å². The molecule has 0 aliphatic carbocycles. The van der Waals surface area contributed by atoms with Crippen LogP contribution in [0, 0.1) is 5.92 Å². The van der Waals surface area contributed by atoms with E-state index < -0.39 is 5.97 Å². The van der Waals surface area contributed by atoms with Crippen molar-refractivity contribution in [3.63, 3.8) is 0 Å². The van der Waals surface area contributed by atoms with Gasteiger partial charge in [0, 0.05) is 51.5 Å². The number of carboxylic acid groups (broad SMARTS) is 1. The Labute approximate surface area is 354 Å². The molecule has 8 heteroatoms. The second-order valence-electron chi connectivity index (χ2n) is 17.6. The highest BCUT2D eigenvalue weighted by atomic mass is 16.5. The zero-order valence-electron chi connectivity index (χ0n) is 38.9. The van der Waals surface area contributed by atoms with E-state index in [0.29, 0.717) is 37.3 Å². The fraction of sp³-hybridized carbons (Fsp3) is 0.939. The maximum Gasteiger partial charge on any atom is 0.305 e. The molecule has 0 aliphatic rings. The lowest BCUT2D eigenvalue weighted by Crippen LogP contribution is -2.41. The van der Waals surface area contributed by atoms with Crippen LogP contribution in [0.4, 0.5) is 0 Å². The van der Waals surface area contributed by atoms with Crippen LogP contribution in [0.25, 0.3) is 0 Å². The minimum absolute atomic E-state index is 0.0338. The van der Waals surface area contributed by atoms with Crippen LogP contribution in [-0.2, 0) is 19.1 Å². The van der Waals surface area contributed by atoms with Crippen molar-refractivity contribution < 1.29 is 24.2 Å². The zero-order valence-corrected chi connectivity index (χ0v) is 38.9. The summed E-state index contributed by atoms with van der Waals surface area (Å²) in [6, 6.07) is 0.395. The third-order valence-electron chi connectivity index (χ3n) is 11.9. The highest BCUT2D eigenvalue weighted by molar-refractivity contribution is 5.76. The van der Waals surface area contributed by atoms with Gasteiger partial charge in [0.2, 0.25) is 5.91 Å². The minimum Gasteiger partial charge on any atom is -0.481 e. The van der Waals surface area contributed by atoms with Crippen molar-refractivity contribution in [1.82, 2.24) is 14.7 Å². The average molecular weight is 808 g/mol. The number of amides is 1. The van der Waals surface area contributed by atoms with Gasteiger partial charge in [-0.05, 0) is 84.3 Å². The summed E-state index contributed by atoms with van der Waals surface area (Å²) in [7, 11) is 4.25. The number of carbonyl (C=O) groups excluding carboxylic acids is 2. The van der Waals surface area contributed by atoms with Gasteiger partial charge in [0.15, 0.2) is 0 Å². The SMILES string of the molecule is CCCCCCCCC(CCCCCC)COC(=O)CCCCCC(CCCCCC(=O)O)N(CCCC(=O)N(CCCCCC)CCCCCC)CCN(C)C. The normalized spacial score (nSPS) is 12.7. The Morgan fingerprint density at radius 3 is 1.46 bits per heavy atom. The van der Waals surface area contributed by atoms with E-state index in [1.165, 1.54) is 116 Å². The molecule has 57 heavy (non-hydrogen) atoms. The first-order chi connectivity index (χ1) is 27.7. The van der Waals surface area contributed by atoms with E-state index in [2.05, 4.69) is 56.5 Å². The third kappa shape index (κ3) is 36.0. The van der Waals surface area contributed by atoms with E-state index in [4.69, 9.17) is 9.84 Å². The molecule has 0 fully saturated rings. The van der Waals surface area contributed by atoms with Gasteiger partial charge in [0.1, 0.15) is 0 Å². The Balaban J connectivity index is 5.24. The van der Waals surface area contributed by atoms with Crippen molar-refractivity contribution in [3.8, 4) is 0 Å². The number of hydrogen-bond donors (Lipinski definition) is 1. The van der Waals surface area contributed by atoms with E-state index in [0.717, 1.165) is 103 Å². The first-order valence-electron chi connectivity index (χ1n) is 24.7. The molecule has 2 unspecified atom stereocenters. The first-order valence-corrected chi connectivity index (χ1v) is 24.7. The second-order valence-corrected chi connectivity index (χ2v) is 17.6. The molecular weight excluding hydrogens is 711 g/mol. The summed E-state index contributed by atoms with van der Waals surface area (Å²) < 4.78 is 5.89. The molecule has 0 rings (SSSR count). The minimum atomic E-state index is -0.715. The largest absolute Gasteiger partial charge is 0.481 e. The maximum absolute atomic E-state index is 13.5. The summed E-state index contributed by atoms with van der Waals surface area (Å²) in [6.07, 6.45) is 34.6.